The molecule has 0 heterocycles. The number of carbonyl (C=O) groups is 2. The van der Waals surface area contributed by atoms with Crippen LogP contribution in [0.5, 0.6) is 0 Å². The highest BCUT2D eigenvalue weighted by molar-refractivity contribution is 9.10. The molecule has 0 atom stereocenters. The number of amides is 1. The Morgan fingerprint density at radius 3 is 2.71 bits per heavy atom. The molecule has 0 fully saturated rings. The van der Waals surface area contributed by atoms with Crippen molar-refractivity contribution in [3.8, 4) is 0 Å². The van der Waals surface area contributed by atoms with Crippen molar-refractivity contribution in [3.63, 3.8) is 0 Å². The van der Waals surface area contributed by atoms with E-state index in [9.17, 15) is 9.59 Å². The van der Waals surface area contributed by atoms with E-state index in [-0.39, 0.29) is 12.5 Å². The number of carboxylic acid groups (broad SMARTS) is 1. The number of rotatable bonds is 5. The Hall–Kier alpha value is -1.36. The molecule has 5 heteroatoms. The molecule has 1 aromatic rings. The standard InChI is InChI=1S/C12H14BrNO3/c1-8-6-9(2-4-10(8)13)3-5-11(15)14-7-12(16)17/h2,4,6H,3,5,7H2,1H3,(H,14,15)(H,16,17). The first kappa shape index (κ1) is 13.7. The fourth-order valence-corrected chi connectivity index (χ4v) is 1.63. The molecule has 0 aliphatic carbocycles. The summed E-state index contributed by atoms with van der Waals surface area (Å²) in [6.45, 7) is 1.66. The van der Waals surface area contributed by atoms with E-state index in [0.29, 0.717) is 12.8 Å². The SMILES string of the molecule is Cc1cc(CCC(=O)NCC(=O)O)ccc1Br. The van der Waals surface area contributed by atoms with E-state index in [0.717, 1.165) is 15.6 Å². The topological polar surface area (TPSA) is 66.4 Å². The lowest BCUT2D eigenvalue weighted by atomic mass is 10.1. The van der Waals surface area contributed by atoms with Crippen molar-refractivity contribution in [2.24, 2.45) is 0 Å². The highest BCUT2D eigenvalue weighted by Crippen LogP contribution is 2.17. The Morgan fingerprint density at radius 1 is 1.41 bits per heavy atom. The van der Waals surface area contributed by atoms with Gasteiger partial charge in [-0.25, -0.2) is 0 Å². The zero-order chi connectivity index (χ0) is 12.8. The molecule has 0 saturated carbocycles. The summed E-state index contributed by atoms with van der Waals surface area (Å²) in [6.07, 6.45) is 0.911. The number of carboxylic acids is 1. The van der Waals surface area contributed by atoms with Crippen LogP contribution in [0.15, 0.2) is 22.7 Å². The fraction of sp³-hybridized carbons (Fsp3) is 0.333. The van der Waals surface area contributed by atoms with Crippen molar-refractivity contribution in [1.82, 2.24) is 5.32 Å². The normalized spacial score (nSPS) is 10.0. The number of aliphatic carboxylic acids is 1. The molecule has 0 radical (unpaired) electrons. The second-order valence-corrected chi connectivity index (χ2v) is 4.61. The van der Waals surface area contributed by atoms with Gasteiger partial charge in [0.05, 0.1) is 0 Å². The molecule has 0 aromatic heterocycles. The summed E-state index contributed by atoms with van der Waals surface area (Å²) < 4.78 is 1.04. The summed E-state index contributed by atoms with van der Waals surface area (Å²) in [4.78, 5) is 21.5. The van der Waals surface area contributed by atoms with Crippen LogP contribution in [0, 0.1) is 6.92 Å². The Balaban J connectivity index is 2.42. The zero-order valence-electron chi connectivity index (χ0n) is 9.50. The van der Waals surface area contributed by atoms with Crippen LogP contribution in [-0.4, -0.2) is 23.5 Å². The van der Waals surface area contributed by atoms with Crippen molar-refractivity contribution in [3.05, 3.63) is 33.8 Å². The number of aryl methyl sites for hydroxylation is 2. The first-order valence-electron chi connectivity index (χ1n) is 5.22. The number of benzene rings is 1. The van der Waals surface area contributed by atoms with Crippen molar-refractivity contribution < 1.29 is 14.7 Å². The van der Waals surface area contributed by atoms with Crippen molar-refractivity contribution >= 4 is 27.8 Å². The average molecular weight is 300 g/mol. The number of halogens is 1. The van der Waals surface area contributed by atoms with Crippen molar-refractivity contribution in [2.45, 2.75) is 19.8 Å². The number of hydrogen-bond acceptors (Lipinski definition) is 2. The fourth-order valence-electron chi connectivity index (χ4n) is 1.38. The Bertz CT molecular complexity index is 432. The van der Waals surface area contributed by atoms with Gasteiger partial charge >= 0.3 is 5.97 Å². The molecule has 0 aliphatic heterocycles. The van der Waals surface area contributed by atoms with E-state index in [1.165, 1.54) is 0 Å². The predicted octanol–water partition coefficient (Wildman–Crippen LogP) is 1.89. The summed E-state index contributed by atoms with van der Waals surface area (Å²) in [5.41, 5.74) is 2.18. The summed E-state index contributed by atoms with van der Waals surface area (Å²) >= 11 is 3.41. The largest absolute Gasteiger partial charge is 0.480 e. The summed E-state index contributed by atoms with van der Waals surface area (Å²) in [6, 6.07) is 5.90. The molecule has 92 valence electrons. The van der Waals surface area contributed by atoms with Crippen molar-refractivity contribution in [2.75, 3.05) is 6.54 Å². The minimum Gasteiger partial charge on any atom is -0.480 e. The minimum atomic E-state index is -1.03. The highest BCUT2D eigenvalue weighted by atomic mass is 79.9. The van der Waals surface area contributed by atoms with Gasteiger partial charge in [-0.1, -0.05) is 28.1 Å². The summed E-state index contributed by atoms with van der Waals surface area (Å²) in [7, 11) is 0. The molecule has 2 N–H and O–H groups in total. The van der Waals surface area contributed by atoms with Gasteiger partial charge in [-0.05, 0) is 30.5 Å². The smallest absolute Gasteiger partial charge is 0.322 e. The van der Waals surface area contributed by atoms with Gasteiger partial charge < -0.3 is 10.4 Å². The van der Waals surface area contributed by atoms with Crippen LogP contribution in [-0.2, 0) is 16.0 Å². The predicted molar refractivity (Wildman–Crippen MR) is 67.8 cm³/mol. The van der Waals surface area contributed by atoms with Crippen LogP contribution < -0.4 is 5.32 Å². The van der Waals surface area contributed by atoms with E-state index < -0.39 is 5.97 Å². The van der Waals surface area contributed by atoms with Gasteiger partial charge in [0.25, 0.3) is 0 Å². The van der Waals surface area contributed by atoms with Crippen LogP contribution in [0.3, 0.4) is 0 Å². The van der Waals surface area contributed by atoms with Gasteiger partial charge in [0.1, 0.15) is 6.54 Å². The molecule has 17 heavy (non-hydrogen) atoms. The van der Waals surface area contributed by atoms with Crippen LogP contribution in [0.25, 0.3) is 0 Å². The quantitative estimate of drug-likeness (QED) is 0.872. The minimum absolute atomic E-state index is 0.243. The third-order valence-corrected chi connectivity index (χ3v) is 3.19. The monoisotopic (exact) mass is 299 g/mol. The van der Waals surface area contributed by atoms with E-state index in [4.69, 9.17) is 5.11 Å². The number of hydrogen-bond donors (Lipinski definition) is 2. The van der Waals surface area contributed by atoms with Gasteiger partial charge in [-0.2, -0.15) is 0 Å². The average Bonchev–Trinajstić information content (AvgIpc) is 2.28. The van der Waals surface area contributed by atoms with Crippen LogP contribution in [0.4, 0.5) is 0 Å². The van der Waals surface area contributed by atoms with E-state index >= 15 is 0 Å². The lowest BCUT2D eigenvalue weighted by Crippen LogP contribution is -2.29. The third kappa shape index (κ3) is 4.99. The molecular weight excluding hydrogens is 286 g/mol. The van der Waals surface area contributed by atoms with Crippen LogP contribution >= 0.6 is 15.9 Å². The zero-order valence-corrected chi connectivity index (χ0v) is 11.1. The maximum Gasteiger partial charge on any atom is 0.322 e. The van der Waals surface area contributed by atoms with E-state index in [1.54, 1.807) is 0 Å². The third-order valence-electron chi connectivity index (χ3n) is 2.30. The second kappa shape index (κ2) is 6.39. The number of carbonyl (C=O) groups excluding carboxylic acids is 1. The molecule has 0 bridgehead atoms. The molecule has 1 rings (SSSR count). The highest BCUT2D eigenvalue weighted by Gasteiger charge is 2.05. The maximum absolute atomic E-state index is 11.3. The molecule has 0 aliphatic rings. The van der Waals surface area contributed by atoms with Gasteiger partial charge in [0.15, 0.2) is 0 Å². The molecule has 1 amide bonds. The van der Waals surface area contributed by atoms with Gasteiger partial charge in [0.2, 0.25) is 5.91 Å². The molecule has 0 spiro atoms. The van der Waals surface area contributed by atoms with Crippen LogP contribution in [0.1, 0.15) is 17.5 Å². The molecule has 0 unspecified atom stereocenters. The lowest BCUT2D eigenvalue weighted by Gasteiger charge is -2.05. The van der Waals surface area contributed by atoms with E-state index in [1.807, 2.05) is 25.1 Å². The summed E-state index contributed by atoms with van der Waals surface area (Å²) in [5, 5.41) is 10.7. The Kier molecular flexibility index (Phi) is 5.15. The van der Waals surface area contributed by atoms with Gasteiger partial charge in [0, 0.05) is 10.9 Å². The molecule has 1 aromatic carbocycles. The second-order valence-electron chi connectivity index (χ2n) is 3.75. The van der Waals surface area contributed by atoms with Crippen LogP contribution in [0.2, 0.25) is 0 Å². The first-order chi connectivity index (χ1) is 7.99. The summed E-state index contributed by atoms with van der Waals surface area (Å²) in [5.74, 6) is -1.27. The van der Waals surface area contributed by atoms with Gasteiger partial charge in [-0.15, -0.1) is 0 Å². The molecule has 4 nitrogen and oxygen atoms in total. The maximum atomic E-state index is 11.3. The van der Waals surface area contributed by atoms with E-state index in [2.05, 4.69) is 21.2 Å². The Morgan fingerprint density at radius 2 is 2.12 bits per heavy atom. The lowest BCUT2D eigenvalue weighted by molar-refractivity contribution is -0.137. The molecular formula is C12H14BrNO3. The first-order valence-corrected chi connectivity index (χ1v) is 6.02. The Labute approximate surface area is 108 Å². The van der Waals surface area contributed by atoms with Crippen molar-refractivity contribution in [1.29, 1.82) is 0 Å². The van der Waals surface area contributed by atoms with Gasteiger partial charge in [-0.3, -0.25) is 9.59 Å². The molecule has 0 saturated heterocycles. The number of nitrogens with one attached hydrogen (secondary N) is 1.